The molecular formula is C23H21F6N3O. The first-order valence-corrected chi connectivity index (χ1v) is 10.4. The maximum atomic E-state index is 14.0. The van der Waals surface area contributed by atoms with Gasteiger partial charge in [-0.25, -0.2) is 9.98 Å². The lowest BCUT2D eigenvalue weighted by atomic mass is 10.0. The van der Waals surface area contributed by atoms with Gasteiger partial charge in [0.1, 0.15) is 11.7 Å². The second-order valence-electron chi connectivity index (χ2n) is 7.91. The van der Waals surface area contributed by atoms with Crippen molar-refractivity contribution in [3.05, 3.63) is 71.8 Å². The van der Waals surface area contributed by atoms with E-state index in [1.165, 1.54) is 29.2 Å². The van der Waals surface area contributed by atoms with Crippen LogP contribution in [0.3, 0.4) is 0 Å². The number of hydrogen-bond acceptors (Lipinski definition) is 4. The highest BCUT2D eigenvalue weighted by molar-refractivity contribution is 6.11. The summed E-state index contributed by atoms with van der Waals surface area (Å²) in [6, 6.07) is 15.9. The van der Waals surface area contributed by atoms with Crippen molar-refractivity contribution in [2.24, 2.45) is 9.98 Å². The van der Waals surface area contributed by atoms with Gasteiger partial charge in [0.15, 0.2) is 0 Å². The van der Waals surface area contributed by atoms with E-state index >= 15 is 0 Å². The molecular weight excluding hydrogens is 448 g/mol. The Balaban J connectivity index is 1.90. The molecule has 0 amide bonds. The van der Waals surface area contributed by atoms with Crippen LogP contribution in [-0.2, 0) is 11.2 Å². The number of hydrogen-bond donors (Lipinski definition) is 0. The van der Waals surface area contributed by atoms with Crippen molar-refractivity contribution in [2.45, 2.75) is 43.4 Å². The van der Waals surface area contributed by atoms with Gasteiger partial charge in [-0.1, -0.05) is 60.7 Å². The predicted octanol–water partition coefficient (Wildman–Crippen LogP) is 5.39. The van der Waals surface area contributed by atoms with Gasteiger partial charge >= 0.3 is 18.0 Å². The lowest BCUT2D eigenvalue weighted by Crippen LogP contribution is -2.60. The number of ether oxygens (including phenoxy) is 1. The molecule has 0 N–H and O–H groups in total. The zero-order valence-corrected chi connectivity index (χ0v) is 17.4. The summed E-state index contributed by atoms with van der Waals surface area (Å²) in [5, 5.41) is 0. The minimum Gasteiger partial charge on any atom is -0.376 e. The fraction of sp³-hybridized carbons (Fsp3) is 0.391. The van der Waals surface area contributed by atoms with Gasteiger partial charge in [0.25, 0.3) is 0 Å². The van der Waals surface area contributed by atoms with Gasteiger partial charge < -0.3 is 9.64 Å². The van der Waals surface area contributed by atoms with Crippen LogP contribution in [0, 0.1) is 0 Å². The van der Waals surface area contributed by atoms with Crippen LogP contribution in [0.2, 0.25) is 0 Å². The van der Waals surface area contributed by atoms with E-state index in [0.717, 1.165) is 6.42 Å². The Bertz CT molecular complexity index is 998. The van der Waals surface area contributed by atoms with Crippen molar-refractivity contribution >= 4 is 11.7 Å². The molecule has 0 bridgehead atoms. The third-order valence-corrected chi connectivity index (χ3v) is 5.56. The topological polar surface area (TPSA) is 37.2 Å². The van der Waals surface area contributed by atoms with E-state index in [-0.39, 0.29) is 30.5 Å². The van der Waals surface area contributed by atoms with Crippen molar-refractivity contribution in [3.63, 3.8) is 0 Å². The van der Waals surface area contributed by atoms with Crippen LogP contribution < -0.4 is 0 Å². The van der Waals surface area contributed by atoms with Crippen molar-refractivity contribution in [1.29, 1.82) is 0 Å². The molecule has 0 aliphatic carbocycles. The number of benzene rings is 2. The van der Waals surface area contributed by atoms with Crippen molar-refractivity contribution in [1.82, 2.24) is 4.90 Å². The number of halogens is 6. The van der Waals surface area contributed by atoms with Crippen molar-refractivity contribution in [3.8, 4) is 0 Å². The molecule has 10 heteroatoms. The standard InChI is InChI=1S/C23H21F6N3O/c24-22(25,26)21(23(27,28)29)30-19(14-16-8-3-1-4-9-16)32(15-18-12-7-13-33-18)20(31-21)17-10-5-2-6-11-17/h1-6,8-11,18H,7,12-15H2. The molecule has 1 fully saturated rings. The molecule has 0 saturated carbocycles. The summed E-state index contributed by atoms with van der Waals surface area (Å²) < 4.78 is 89.9. The first kappa shape index (κ1) is 23.3. The number of nitrogens with zero attached hydrogens (tertiary/aromatic N) is 3. The Hall–Kier alpha value is -2.88. The smallest absolute Gasteiger partial charge is 0.376 e. The molecule has 0 aromatic heterocycles. The summed E-state index contributed by atoms with van der Waals surface area (Å²) in [6.45, 7) is 0.529. The largest absolute Gasteiger partial charge is 0.443 e. The Kier molecular flexibility index (Phi) is 6.22. The van der Waals surface area contributed by atoms with E-state index in [4.69, 9.17) is 4.74 Å². The molecule has 4 rings (SSSR count). The van der Waals surface area contributed by atoms with Crippen LogP contribution in [0.4, 0.5) is 26.3 Å². The Labute approximate surface area is 186 Å². The third-order valence-electron chi connectivity index (χ3n) is 5.56. The summed E-state index contributed by atoms with van der Waals surface area (Å²) in [7, 11) is 0. The van der Waals surface area contributed by atoms with E-state index in [1.54, 1.807) is 36.4 Å². The van der Waals surface area contributed by atoms with E-state index in [1.807, 2.05) is 0 Å². The Morgan fingerprint density at radius 3 is 2.03 bits per heavy atom. The summed E-state index contributed by atoms with van der Waals surface area (Å²) in [5.74, 6) is -0.790. The lowest BCUT2D eigenvalue weighted by Gasteiger charge is -2.40. The van der Waals surface area contributed by atoms with E-state index in [9.17, 15) is 26.3 Å². The number of rotatable bonds is 5. The summed E-state index contributed by atoms with van der Waals surface area (Å²) in [4.78, 5) is 7.93. The molecule has 0 radical (unpaired) electrons. The number of amidine groups is 2. The fourth-order valence-electron chi connectivity index (χ4n) is 3.93. The molecule has 2 heterocycles. The average molecular weight is 469 g/mol. The molecule has 33 heavy (non-hydrogen) atoms. The number of aliphatic imine (C=N–C) groups is 2. The molecule has 1 atom stereocenters. The van der Waals surface area contributed by atoms with Crippen LogP contribution in [0.25, 0.3) is 0 Å². The van der Waals surface area contributed by atoms with E-state index in [0.29, 0.717) is 18.6 Å². The van der Waals surface area contributed by atoms with E-state index < -0.39 is 23.9 Å². The van der Waals surface area contributed by atoms with E-state index in [2.05, 4.69) is 9.98 Å². The zero-order valence-electron chi connectivity index (χ0n) is 17.4. The normalized spacial score (nSPS) is 21.0. The quantitative estimate of drug-likeness (QED) is 0.551. The molecule has 1 saturated heterocycles. The predicted molar refractivity (Wildman–Crippen MR) is 111 cm³/mol. The zero-order chi connectivity index (χ0) is 23.7. The highest BCUT2D eigenvalue weighted by Crippen LogP contribution is 2.49. The molecule has 0 spiro atoms. The Morgan fingerprint density at radius 2 is 1.48 bits per heavy atom. The van der Waals surface area contributed by atoms with Crippen LogP contribution >= 0.6 is 0 Å². The van der Waals surface area contributed by atoms with Crippen molar-refractivity contribution in [2.75, 3.05) is 13.2 Å². The SMILES string of the molecule is FC(F)(F)C1(C(F)(F)F)N=C(Cc2ccccc2)N(CC2CCCO2)C(c2ccccc2)=N1. The first-order chi connectivity index (χ1) is 15.6. The summed E-state index contributed by atoms with van der Waals surface area (Å²) in [5.41, 5.74) is -3.93. The maximum absolute atomic E-state index is 14.0. The molecule has 176 valence electrons. The molecule has 2 aromatic carbocycles. The van der Waals surface area contributed by atoms with Gasteiger partial charge in [0.05, 0.1) is 12.6 Å². The molecule has 2 aliphatic heterocycles. The van der Waals surface area contributed by atoms with Gasteiger partial charge in [0, 0.05) is 18.6 Å². The summed E-state index contributed by atoms with van der Waals surface area (Å²) in [6.07, 6.45) is -10.8. The van der Waals surface area contributed by atoms with Crippen LogP contribution in [0.5, 0.6) is 0 Å². The van der Waals surface area contributed by atoms with Gasteiger partial charge in [-0.05, 0) is 18.4 Å². The highest BCUT2D eigenvalue weighted by atomic mass is 19.4. The molecule has 2 aliphatic rings. The molecule has 1 unspecified atom stereocenters. The minimum atomic E-state index is -5.79. The molecule has 4 nitrogen and oxygen atoms in total. The molecule has 2 aromatic rings. The fourth-order valence-corrected chi connectivity index (χ4v) is 3.93. The minimum absolute atomic E-state index is 0.0468. The Morgan fingerprint density at radius 1 is 0.879 bits per heavy atom. The van der Waals surface area contributed by atoms with Gasteiger partial charge in [-0.3, -0.25) is 0 Å². The average Bonchev–Trinajstić information content (AvgIpc) is 3.28. The monoisotopic (exact) mass is 469 g/mol. The van der Waals surface area contributed by atoms with Gasteiger partial charge in [0.2, 0.25) is 0 Å². The lowest BCUT2D eigenvalue weighted by molar-refractivity contribution is -0.293. The second kappa shape index (κ2) is 8.81. The van der Waals surface area contributed by atoms with Gasteiger partial charge in [-0.2, -0.15) is 26.3 Å². The van der Waals surface area contributed by atoms with Gasteiger partial charge in [-0.15, -0.1) is 0 Å². The van der Waals surface area contributed by atoms with Crippen LogP contribution in [-0.4, -0.2) is 53.8 Å². The second-order valence-corrected chi connectivity index (χ2v) is 7.91. The van der Waals surface area contributed by atoms with Crippen LogP contribution in [0.1, 0.15) is 24.0 Å². The number of alkyl halides is 6. The first-order valence-electron chi connectivity index (χ1n) is 10.4. The van der Waals surface area contributed by atoms with Crippen molar-refractivity contribution < 1.29 is 31.1 Å². The van der Waals surface area contributed by atoms with Crippen LogP contribution in [0.15, 0.2) is 70.6 Å². The third kappa shape index (κ3) is 4.62. The highest BCUT2D eigenvalue weighted by Gasteiger charge is 2.73. The maximum Gasteiger partial charge on any atom is 0.443 e. The summed E-state index contributed by atoms with van der Waals surface area (Å²) >= 11 is 0.